The number of amides is 1. The van der Waals surface area contributed by atoms with Crippen molar-refractivity contribution < 1.29 is 13.2 Å². The first-order valence-electron chi connectivity index (χ1n) is 6.76. The summed E-state index contributed by atoms with van der Waals surface area (Å²) in [6.45, 7) is 3.14. The minimum atomic E-state index is -3.49. The summed E-state index contributed by atoms with van der Waals surface area (Å²) in [5, 5.41) is 8.61. The van der Waals surface area contributed by atoms with Crippen LogP contribution in [0.3, 0.4) is 0 Å². The molecule has 1 amide bonds. The molecule has 0 unspecified atom stereocenters. The van der Waals surface area contributed by atoms with E-state index >= 15 is 0 Å². The van der Waals surface area contributed by atoms with Crippen molar-refractivity contribution in [2.45, 2.75) is 50.8 Å². The van der Waals surface area contributed by atoms with Gasteiger partial charge in [0, 0.05) is 6.04 Å². The second-order valence-electron chi connectivity index (χ2n) is 5.31. The molecule has 0 bridgehead atoms. The second kappa shape index (κ2) is 5.82. The van der Waals surface area contributed by atoms with Gasteiger partial charge in [0.25, 0.3) is 5.91 Å². The topological polar surface area (TPSA) is 104 Å². The van der Waals surface area contributed by atoms with E-state index in [4.69, 9.17) is 0 Å². The lowest BCUT2D eigenvalue weighted by atomic mass is 10.2. The van der Waals surface area contributed by atoms with Gasteiger partial charge < -0.3 is 5.32 Å². The minimum Gasteiger partial charge on any atom is -0.348 e. The fourth-order valence-corrected chi connectivity index (χ4v) is 2.83. The van der Waals surface area contributed by atoms with Crippen molar-refractivity contribution in [2.24, 2.45) is 0 Å². The molecule has 7 nitrogen and oxygen atoms in total. The van der Waals surface area contributed by atoms with Crippen LogP contribution in [-0.4, -0.2) is 35.8 Å². The Morgan fingerprint density at radius 3 is 2.65 bits per heavy atom. The van der Waals surface area contributed by atoms with Crippen molar-refractivity contribution in [1.82, 2.24) is 15.5 Å². The number of nitrogens with one attached hydrogen (secondary N) is 3. The average Bonchev–Trinajstić information content (AvgIpc) is 2.99. The summed E-state index contributed by atoms with van der Waals surface area (Å²) >= 11 is 0. The Balaban J connectivity index is 2.10. The average molecular weight is 300 g/mol. The summed E-state index contributed by atoms with van der Waals surface area (Å²) in [6, 6.07) is 0.167. The highest BCUT2D eigenvalue weighted by molar-refractivity contribution is 7.93. The molecular weight excluding hydrogens is 280 g/mol. The number of rotatable bonds is 5. The molecule has 20 heavy (non-hydrogen) atoms. The number of aromatic amines is 1. The number of anilines is 1. The third-order valence-electron chi connectivity index (χ3n) is 3.43. The molecule has 1 saturated carbocycles. The van der Waals surface area contributed by atoms with Crippen LogP contribution in [0, 0.1) is 0 Å². The molecule has 1 aliphatic rings. The van der Waals surface area contributed by atoms with Crippen LogP contribution in [0.1, 0.15) is 50.0 Å². The smallest absolute Gasteiger partial charge is 0.271 e. The highest BCUT2D eigenvalue weighted by Crippen LogP contribution is 2.20. The molecule has 0 aliphatic heterocycles. The van der Waals surface area contributed by atoms with Gasteiger partial charge in [-0.15, -0.1) is 0 Å². The highest BCUT2D eigenvalue weighted by Gasteiger charge is 2.24. The number of carbonyl (C=O) groups is 1. The van der Waals surface area contributed by atoms with Gasteiger partial charge in [0.15, 0.2) is 0 Å². The Hall–Kier alpha value is -1.57. The molecular formula is C12H20N4O3S. The van der Waals surface area contributed by atoms with Gasteiger partial charge in [0.1, 0.15) is 5.69 Å². The van der Waals surface area contributed by atoms with Gasteiger partial charge in [-0.3, -0.25) is 14.6 Å². The first-order chi connectivity index (χ1) is 9.40. The van der Waals surface area contributed by atoms with Crippen molar-refractivity contribution in [1.29, 1.82) is 0 Å². The monoisotopic (exact) mass is 300 g/mol. The zero-order valence-corrected chi connectivity index (χ0v) is 12.5. The van der Waals surface area contributed by atoms with Gasteiger partial charge >= 0.3 is 0 Å². The molecule has 3 N–H and O–H groups in total. The van der Waals surface area contributed by atoms with Gasteiger partial charge in [-0.1, -0.05) is 12.8 Å². The van der Waals surface area contributed by atoms with Crippen LogP contribution in [0.4, 0.5) is 5.69 Å². The second-order valence-corrected chi connectivity index (χ2v) is 7.55. The summed E-state index contributed by atoms with van der Waals surface area (Å²) in [4.78, 5) is 12.1. The normalized spacial score (nSPS) is 16.6. The van der Waals surface area contributed by atoms with Crippen molar-refractivity contribution in [3.8, 4) is 0 Å². The van der Waals surface area contributed by atoms with Gasteiger partial charge in [-0.25, -0.2) is 8.42 Å². The molecule has 0 spiro atoms. The zero-order valence-electron chi connectivity index (χ0n) is 11.6. The maximum atomic E-state index is 12.1. The van der Waals surface area contributed by atoms with Gasteiger partial charge in [0.05, 0.1) is 17.1 Å². The van der Waals surface area contributed by atoms with Crippen LogP contribution in [0.2, 0.25) is 0 Å². The molecule has 1 fully saturated rings. The maximum Gasteiger partial charge on any atom is 0.271 e. The van der Waals surface area contributed by atoms with E-state index in [0.717, 1.165) is 25.7 Å². The van der Waals surface area contributed by atoms with Crippen LogP contribution in [-0.2, 0) is 10.0 Å². The van der Waals surface area contributed by atoms with Crippen LogP contribution in [0.15, 0.2) is 6.20 Å². The number of hydrogen-bond donors (Lipinski definition) is 3. The lowest BCUT2D eigenvalue weighted by Gasteiger charge is -2.13. The Bertz CT molecular complexity index is 573. The molecule has 2 rings (SSSR count). The van der Waals surface area contributed by atoms with Crippen LogP contribution < -0.4 is 10.0 Å². The van der Waals surface area contributed by atoms with Gasteiger partial charge in [-0.2, -0.15) is 5.10 Å². The number of carbonyl (C=O) groups excluding carboxylic acids is 1. The van der Waals surface area contributed by atoms with Crippen molar-refractivity contribution in [2.75, 3.05) is 4.72 Å². The fourth-order valence-electron chi connectivity index (χ4n) is 2.14. The summed E-state index contributed by atoms with van der Waals surface area (Å²) in [5.74, 6) is -0.323. The molecule has 0 atom stereocenters. The van der Waals surface area contributed by atoms with Crippen LogP contribution in [0.25, 0.3) is 0 Å². The third-order valence-corrected chi connectivity index (χ3v) is 5.18. The minimum absolute atomic E-state index is 0.154. The molecule has 8 heteroatoms. The van der Waals surface area contributed by atoms with Crippen LogP contribution >= 0.6 is 0 Å². The fraction of sp³-hybridized carbons (Fsp3) is 0.667. The lowest BCUT2D eigenvalue weighted by Crippen LogP contribution is -2.33. The van der Waals surface area contributed by atoms with Crippen LogP contribution in [0.5, 0.6) is 0 Å². The Labute approximate surface area is 118 Å². The molecule has 1 aliphatic carbocycles. The van der Waals surface area contributed by atoms with E-state index in [9.17, 15) is 13.2 Å². The molecule has 1 aromatic rings. The summed E-state index contributed by atoms with van der Waals surface area (Å²) in [7, 11) is -3.49. The van der Waals surface area contributed by atoms with Crippen molar-refractivity contribution >= 4 is 21.6 Å². The molecule has 1 aromatic heterocycles. The molecule has 1 heterocycles. The predicted octanol–water partition coefficient (Wildman–Crippen LogP) is 1.23. The van der Waals surface area contributed by atoms with Gasteiger partial charge in [0.2, 0.25) is 10.0 Å². The molecule has 0 saturated heterocycles. The third kappa shape index (κ3) is 3.30. The van der Waals surface area contributed by atoms with E-state index in [1.54, 1.807) is 13.8 Å². The number of hydrogen-bond acceptors (Lipinski definition) is 4. The lowest BCUT2D eigenvalue weighted by molar-refractivity contribution is 0.0933. The molecule has 0 aromatic carbocycles. The summed E-state index contributed by atoms with van der Waals surface area (Å²) in [6.07, 6.45) is 5.46. The molecule has 0 radical (unpaired) electrons. The van der Waals surface area contributed by atoms with Gasteiger partial charge in [-0.05, 0) is 26.7 Å². The van der Waals surface area contributed by atoms with E-state index < -0.39 is 15.3 Å². The van der Waals surface area contributed by atoms with E-state index in [1.807, 2.05) is 0 Å². The Kier molecular flexibility index (Phi) is 4.32. The maximum absolute atomic E-state index is 12.1. The Morgan fingerprint density at radius 2 is 2.05 bits per heavy atom. The largest absolute Gasteiger partial charge is 0.348 e. The number of aromatic nitrogens is 2. The first-order valence-corrected chi connectivity index (χ1v) is 8.30. The number of sulfonamides is 1. The first kappa shape index (κ1) is 14.8. The number of H-pyrrole nitrogens is 1. The summed E-state index contributed by atoms with van der Waals surface area (Å²) < 4.78 is 26.1. The van der Waals surface area contributed by atoms with E-state index in [2.05, 4.69) is 20.2 Å². The molecule has 112 valence electrons. The SMILES string of the molecule is CC(C)S(=O)(=O)Nc1cn[nH]c1C(=O)NC1CCCC1. The predicted molar refractivity (Wildman–Crippen MR) is 76.0 cm³/mol. The van der Waals surface area contributed by atoms with E-state index in [0.29, 0.717) is 0 Å². The number of nitrogens with zero attached hydrogens (tertiary/aromatic N) is 1. The Morgan fingerprint density at radius 1 is 1.40 bits per heavy atom. The summed E-state index contributed by atoms with van der Waals surface area (Å²) in [5.41, 5.74) is 0.343. The van der Waals surface area contributed by atoms with E-state index in [1.165, 1.54) is 6.20 Å². The standard InChI is InChI=1S/C12H20N4O3S/c1-8(2)20(18,19)16-10-7-13-15-11(10)12(17)14-9-5-3-4-6-9/h7-9,16H,3-6H2,1-2H3,(H,13,15)(H,14,17). The van der Waals surface area contributed by atoms with Crippen molar-refractivity contribution in [3.63, 3.8) is 0 Å². The van der Waals surface area contributed by atoms with E-state index in [-0.39, 0.29) is 23.3 Å². The zero-order chi connectivity index (χ0) is 14.8. The quantitative estimate of drug-likeness (QED) is 0.760. The van der Waals surface area contributed by atoms with Crippen molar-refractivity contribution in [3.05, 3.63) is 11.9 Å². The highest BCUT2D eigenvalue weighted by atomic mass is 32.2.